The molecule has 2 atom stereocenters. The molecule has 0 aromatic carbocycles. The fraction of sp³-hybridized carbons (Fsp3) is 0.933. The van der Waals surface area contributed by atoms with Gasteiger partial charge < -0.3 is 20.1 Å². The lowest BCUT2D eigenvalue weighted by Gasteiger charge is -2.32. The standard InChI is InChI=1S/C15H29N3O3/c1-15(16,14(19)20-2)5-3-6-17-7-4-13(12-17)18-8-10-21-11-9-18/h13H,3-12,16H2,1-2H3. The molecule has 2 aliphatic rings. The maximum atomic E-state index is 11.5. The van der Waals surface area contributed by atoms with Gasteiger partial charge in [0.2, 0.25) is 0 Å². The molecule has 2 aliphatic heterocycles. The summed E-state index contributed by atoms with van der Waals surface area (Å²) in [6.07, 6.45) is 2.83. The van der Waals surface area contributed by atoms with Crippen molar-refractivity contribution in [2.45, 2.75) is 37.8 Å². The number of nitrogens with two attached hydrogens (primary N) is 1. The second kappa shape index (κ2) is 7.54. The van der Waals surface area contributed by atoms with Crippen LogP contribution < -0.4 is 5.73 Å². The van der Waals surface area contributed by atoms with Crippen LogP contribution in [0.2, 0.25) is 0 Å². The van der Waals surface area contributed by atoms with Crippen molar-refractivity contribution >= 4 is 5.97 Å². The van der Waals surface area contributed by atoms with E-state index in [1.807, 2.05) is 0 Å². The smallest absolute Gasteiger partial charge is 0.325 e. The quantitative estimate of drug-likeness (QED) is 0.700. The Morgan fingerprint density at radius 1 is 1.38 bits per heavy atom. The molecule has 0 bridgehead atoms. The van der Waals surface area contributed by atoms with Crippen LogP contribution in [0.4, 0.5) is 0 Å². The summed E-state index contributed by atoms with van der Waals surface area (Å²) in [7, 11) is 1.39. The highest BCUT2D eigenvalue weighted by Gasteiger charge is 2.31. The van der Waals surface area contributed by atoms with Gasteiger partial charge in [0.15, 0.2) is 0 Å². The zero-order chi connectivity index (χ0) is 15.3. The molecular weight excluding hydrogens is 270 g/mol. The molecule has 0 aromatic rings. The lowest BCUT2D eigenvalue weighted by Crippen LogP contribution is -2.46. The third kappa shape index (κ3) is 4.64. The summed E-state index contributed by atoms with van der Waals surface area (Å²) in [6, 6.07) is 0.666. The summed E-state index contributed by atoms with van der Waals surface area (Å²) >= 11 is 0. The second-order valence-electron chi connectivity index (χ2n) is 6.40. The number of carbonyl (C=O) groups is 1. The Labute approximate surface area is 127 Å². The first kappa shape index (κ1) is 16.7. The fourth-order valence-electron chi connectivity index (χ4n) is 3.26. The lowest BCUT2D eigenvalue weighted by molar-refractivity contribution is -0.146. The molecule has 0 radical (unpaired) electrons. The van der Waals surface area contributed by atoms with Crippen molar-refractivity contribution in [3.63, 3.8) is 0 Å². The molecule has 2 fully saturated rings. The normalized spacial score (nSPS) is 27.5. The first-order chi connectivity index (χ1) is 10.0. The van der Waals surface area contributed by atoms with Crippen molar-refractivity contribution in [3.05, 3.63) is 0 Å². The van der Waals surface area contributed by atoms with Crippen molar-refractivity contribution in [1.29, 1.82) is 0 Å². The van der Waals surface area contributed by atoms with Crippen LogP contribution in [0.1, 0.15) is 26.2 Å². The van der Waals surface area contributed by atoms with Gasteiger partial charge in [-0.3, -0.25) is 9.69 Å². The monoisotopic (exact) mass is 299 g/mol. The number of hydrogen-bond acceptors (Lipinski definition) is 6. The van der Waals surface area contributed by atoms with Crippen LogP contribution in [0.5, 0.6) is 0 Å². The van der Waals surface area contributed by atoms with E-state index in [1.165, 1.54) is 13.5 Å². The Morgan fingerprint density at radius 2 is 2.10 bits per heavy atom. The summed E-state index contributed by atoms with van der Waals surface area (Å²) in [5.74, 6) is -0.324. The minimum Gasteiger partial charge on any atom is -0.468 e. The average Bonchev–Trinajstić information content (AvgIpc) is 2.96. The molecule has 2 unspecified atom stereocenters. The number of nitrogens with zero attached hydrogens (tertiary/aromatic N) is 2. The van der Waals surface area contributed by atoms with Crippen molar-refractivity contribution in [2.75, 3.05) is 53.0 Å². The third-order valence-corrected chi connectivity index (χ3v) is 4.63. The van der Waals surface area contributed by atoms with E-state index in [0.717, 1.165) is 52.4 Å². The summed E-state index contributed by atoms with van der Waals surface area (Å²) < 4.78 is 10.1. The number of ether oxygens (including phenoxy) is 2. The van der Waals surface area contributed by atoms with Crippen molar-refractivity contribution in [2.24, 2.45) is 5.73 Å². The van der Waals surface area contributed by atoms with E-state index >= 15 is 0 Å². The van der Waals surface area contributed by atoms with Gasteiger partial charge in [0.05, 0.1) is 20.3 Å². The van der Waals surface area contributed by atoms with Crippen LogP contribution in [0.25, 0.3) is 0 Å². The number of carbonyl (C=O) groups excluding carboxylic acids is 1. The van der Waals surface area contributed by atoms with Gasteiger partial charge in [-0.2, -0.15) is 0 Å². The molecule has 0 aliphatic carbocycles. The van der Waals surface area contributed by atoms with Gasteiger partial charge in [-0.1, -0.05) is 0 Å². The Kier molecular flexibility index (Phi) is 5.98. The van der Waals surface area contributed by atoms with Gasteiger partial charge in [0.25, 0.3) is 0 Å². The topological polar surface area (TPSA) is 68.0 Å². The zero-order valence-electron chi connectivity index (χ0n) is 13.3. The van der Waals surface area contributed by atoms with Gasteiger partial charge in [0.1, 0.15) is 5.54 Å². The van der Waals surface area contributed by atoms with E-state index in [1.54, 1.807) is 6.92 Å². The van der Waals surface area contributed by atoms with Crippen molar-refractivity contribution in [1.82, 2.24) is 9.80 Å². The predicted octanol–water partition coefficient (Wildman–Crippen LogP) is 0.0635. The molecule has 6 nitrogen and oxygen atoms in total. The Balaban J connectivity index is 1.67. The lowest BCUT2D eigenvalue weighted by atomic mass is 9.97. The van der Waals surface area contributed by atoms with Crippen LogP contribution in [-0.4, -0.2) is 80.4 Å². The van der Waals surface area contributed by atoms with Gasteiger partial charge in [-0.05, 0) is 39.3 Å². The summed E-state index contributed by atoms with van der Waals surface area (Å²) in [4.78, 5) is 16.6. The molecule has 0 spiro atoms. The second-order valence-corrected chi connectivity index (χ2v) is 6.40. The van der Waals surface area contributed by atoms with Crippen LogP contribution in [-0.2, 0) is 14.3 Å². The van der Waals surface area contributed by atoms with E-state index in [0.29, 0.717) is 12.5 Å². The molecule has 2 heterocycles. The molecule has 2 N–H and O–H groups in total. The maximum absolute atomic E-state index is 11.5. The first-order valence-corrected chi connectivity index (χ1v) is 7.94. The molecular formula is C15H29N3O3. The van der Waals surface area contributed by atoms with Gasteiger partial charge in [-0.15, -0.1) is 0 Å². The van der Waals surface area contributed by atoms with Crippen LogP contribution >= 0.6 is 0 Å². The van der Waals surface area contributed by atoms with Crippen LogP contribution in [0.15, 0.2) is 0 Å². The highest BCUT2D eigenvalue weighted by Crippen LogP contribution is 2.18. The van der Waals surface area contributed by atoms with E-state index in [2.05, 4.69) is 9.80 Å². The van der Waals surface area contributed by atoms with Crippen molar-refractivity contribution < 1.29 is 14.3 Å². The average molecular weight is 299 g/mol. The van der Waals surface area contributed by atoms with Crippen molar-refractivity contribution in [3.8, 4) is 0 Å². The minimum atomic E-state index is -0.863. The molecule has 2 saturated heterocycles. The Hall–Kier alpha value is -0.690. The SMILES string of the molecule is COC(=O)C(C)(N)CCCN1CCC(N2CCOCC2)C1. The number of rotatable bonds is 6. The highest BCUT2D eigenvalue weighted by atomic mass is 16.5. The highest BCUT2D eigenvalue weighted by molar-refractivity contribution is 5.79. The minimum absolute atomic E-state index is 0.324. The van der Waals surface area contributed by atoms with E-state index in [9.17, 15) is 4.79 Å². The summed E-state index contributed by atoms with van der Waals surface area (Å²) in [6.45, 7) is 8.86. The van der Waals surface area contributed by atoms with E-state index in [4.69, 9.17) is 15.2 Å². The van der Waals surface area contributed by atoms with E-state index in [-0.39, 0.29) is 5.97 Å². The fourth-order valence-corrected chi connectivity index (χ4v) is 3.26. The Bertz CT molecular complexity index is 343. The Morgan fingerprint density at radius 3 is 2.76 bits per heavy atom. The van der Waals surface area contributed by atoms with E-state index < -0.39 is 5.54 Å². The maximum Gasteiger partial charge on any atom is 0.325 e. The van der Waals surface area contributed by atoms with Gasteiger partial charge >= 0.3 is 5.97 Å². The summed E-state index contributed by atoms with van der Waals surface area (Å²) in [5.41, 5.74) is 5.12. The molecule has 2 rings (SSSR count). The molecule has 6 heteroatoms. The summed E-state index contributed by atoms with van der Waals surface area (Å²) in [5, 5.41) is 0. The van der Waals surface area contributed by atoms with Crippen LogP contribution in [0, 0.1) is 0 Å². The molecule has 0 aromatic heterocycles. The number of morpholine rings is 1. The van der Waals surface area contributed by atoms with Crippen LogP contribution in [0.3, 0.4) is 0 Å². The third-order valence-electron chi connectivity index (χ3n) is 4.63. The van der Waals surface area contributed by atoms with Gasteiger partial charge in [0, 0.05) is 25.7 Å². The molecule has 122 valence electrons. The molecule has 0 amide bonds. The molecule has 21 heavy (non-hydrogen) atoms. The predicted molar refractivity (Wildman–Crippen MR) is 81.1 cm³/mol. The molecule has 0 saturated carbocycles. The largest absolute Gasteiger partial charge is 0.468 e. The number of esters is 1. The number of methoxy groups -OCH3 is 1. The number of hydrogen-bond donors (Lipinski definition) is 1. The number of likely N-dealkylation sites (tertiary alicyclic amines) is 1. The first-order valence-electron chi connectivity index (χ1n) is 7.94. The van der Waals surface area contributed by atoms with Gasteiger partial charge in [-0.25, -0.2) is 0 Å². The zero-order valence-corrected chi connectivity index (χ0v) is 13.3.